The standard InChI is InChI=1S/C28H30N6O10S3/c1-4-33(13-12-29-46(3,39)40)21-10-11-24(18(2)14-21)30-25-26(32-34(28(25)36)20-8-6-5-7-9-20)31-27(35)19-15-22(44-45(37)38)17-23(16-19)47(41,42)43/h5-11,14-17,29H,4,12-13H2,1-3H3,(H,37,38)(H,31,32,35)(H,41,42,43). The van der Waals surface area contributed by atoms with Crippen LogP contribution in [0.4, 0.5) is 17.1 Å². The van der Waals surface area contributed by atoms with E-state index in [0.29, 0.717) is 30.0 Å². The molecule has 1 aliphatic heterocycles. The van der Waals surface area contributed by atoms with Crippen LogP contribution in [0.15, 0.2) is 81.7 Å². The van der Waals surface area contributed by atoms with Crippen molar-refractivity contribution < 1.29 is 43.9 Å². The number of benzene rings is 3. The van der Waals surface area contributed by atoms with Crippen LogP contribution in [0.3, 0.4) is 0 Å². The third-order valence-corrected chi connectivity index (χ3v) is 8.46. The highest BCUT2D eigenvalue weighted by Crippen LogP contribution is 2.27. The van der Waals surface area contributed by atoms with E-state index < -0.39 is 59.5 Å². The van der Waals surface area contributed by atoms with Gasteiger partial charge in [-0.05, 0) is 61.9 Å². The highest BCUT2D eigenvalue weighted by molar-refractivity contribution is 7.88. The zero-order valence-corrected chi connectivity index (χ0v) is 27.6. The summed E-state index contributed by atoms with van der Waals surface area (Å²) in [6.45, 7) is 4.82. The Morgan fingerprint density at radius 2 is 1.79 bits per heavy atom. The van der Waals surface area contributed by atoms with Gasteiger partial charge in [0.2, 0.25) is 10.0 Å². The zero-order chi connectivity index (χ0) is 34.5. The molecular weight excluding hydrogens is 677 g/mol. The number of likely N-dealkylation sites (N-methyl/N-ethyl adjacent to an activating group) is 1. The molecule has 0 spiro atoms. The summed E-state index contributed by atoms with van der Waals surface area (Å²) in [5, 5.41) is 7.70. The number of amidine groups is 1. The average molecular weight is 707 g/mol. The molecule has 4 rings (SSSR count). The van der Waals surface area contributed by atoms with E-state index in [4.69, 9.17) is 4.55 Å². The number of hydrogen-bond donors (Lipinski definition) is 4. The summed E-state index contributed by atoms with van der Waals surface area (Å²) in [6.07, 6.45) is 1.08. The molecule has 47 heavy (non-hydrogen) atoms. The smallest absolute Gasteiger partial charge is 0.357 e. The lowest BCUT2D eigenvalue weighted by Crippen LogP contribution is -2.37. The summed E-state index contributed by atoms with van der Waals surface area (Å²) >= 11 is -2.88. The lowest BCUT2D eigenvalue weighted by Gasteiger charge is -2.24. The summed E-state index contributed by atoms with van der Waals surface area (Å²) in [4.78, 5) is 32.6. The van der Waals surface area contributed by atoms with E-state index in [2.05, 4.69) is 24.3 Å². The molecule has 0 radical (unpaired) electrons. The molecule has 16 nitrogen and oxygen atoms in total. The largest absolute Gasteiger partial charge is 0.380 e. The second-order valence-electron chi connectivity index (χ2n) is 10.0. The van der Waals surface area contributed by atoms with E-state index in [1.165, 1.54) is 0 Å². The minimum Gasteiger partial charge on any atom is -0.380 e. The maximum atomic E-state index is 13.6. The van der Waals surface area contributed by atoms with E-state index in [1.807, 2.05) is 11.8 Å². The minimum absolute atomic E-state index is 0.192. The van der Waals surface area contributed by atoms with Gasteiger partial charge in [-0.25, -0.2) is 18.1 Å². The third-order valence-electron chi connectivity index (χ3n) is 6.57. The Labute approximate surface area is 273 Å². The van der Waals surface area contributed by atoms with Gasteiger partial charge < -0.3 is 14.4 Å². The summed E-state index contributed by atoms with van der Waals surface area (Å²) in [7, 11) is -8.22. The molecule has 2 amide bonds. The quantitative estimate of drug-likeness (QED) is 0.157. The number of anilines is 2. The Kier molecular flexibility index (Phi) is 10.9. The topological polar surface area (TPSA) is 224 Å². The first kappa shape index (κ1) is 35.3. The number of carbonyl (C=O) groups excluding carboxylic acids is 2. The SMILES string of the molecule is CCN(CCNS(C)(=O)=O)c1ccc(N=C2C(=O)N(c3ccccc3)N=C2NC(=O)c2cc(OS(=O)O)cc(S(=O)(=O)O)c2)c(C)c1. The number of nitrogens with one attached hydrogen (secondary N) is 2. The second-order valence-corrected chi connectivity index (χ2v) is 13.9. The molecule has 1 unspecified atom stereocenters. The first-order valence-corrected chi connectivity index (χ1v) is 18.0. The molecule has 250 valence electrons. The van der Waals surface area contributed by atoms with Gasteiger partial charge in [-0.15, -0.1) is 5.10 Å². The number of rotatable bonds is 12. The van der Waals surface area contributed by atoms with Crippen LogP contribution in [0.5, 0.6) is 5.75 Å². The summed E-state index contributed by atoms with van der Waals surface area (Å²) < 4.78 is 83.4. The van der Waals surface area contributed by atoms with E-state index in [9.17, 15) is 35.2 Å². The Balaban J connectivity index is 1.70. The number of carbonyl (C=O) groups is 2. The van der Waals surface area contributed by atoms with E-state index in [-0.39, 0.29) is 18.1 Å². The molecule has 0 bridgehead atoms. The summed E-state index contributed by atoms with van der Waals surface area (Å²) in [5.41, 5.74) is 1.45. The van der Waals surface area contributed by atoms with Crippen molar-refractivity contribution in [2.75, 3.05) is 35.8 Å². The summed E-state index contributed by atoms with van der Waals surface area (Å²) in [6, 6.07) is 16.0. The number of nitrogens with zero attached hydrogens (tertiary/aromatic N) is 4. The van der Waals surface area contributed by atoms with Gasteiger partial charge in [0.25, 0.3) is 16.0 Å². The van der Waals surface area contributed by atoms with Crippen LogP contribution in [0.1, 0.15) is 22.8 Å². The fraction of sp³-hybridized carbons (Fsp3) is 0.214. The molecule has 1 aliphatic rings. The Hall–Kier alpha value is -4.53. The average Bonchev–Trinajstić information content (AvgIpc) is 3.29. The van der Waals surface area contributed by atoms with Crippen LogP contribution in [0.2, 0.25) is 0 Å². The summed E-state index contributed by atoms with van der Waals surface area (Å²) in [5.74, 6) is -2.51. The molecule has 19 heteroatoms. The Morgan fingerprint density at radius 3 is 2.38 bits per heavy atom. The number of hydrazone groups is 1. The molecule has 0 saturated carbocycles. The van der Waals surface area contributed by atoms with Crippen molar-refractivity contribution >= 4 is 71.9 Å². The first-order valence-electron chi connectivity index (χ1n) is 13.7. The van der Waals surface area contributed by atoms with Crippen LogP contribution in [-0.4, -0.2) is 79.4 Å². The molecule has 0 aromatic heterocycles. The number of aliphatic imine (C=N–C) groups is 1. The van der Waals surface area contributed by atoms with Crippen molar-refractivity contribution in [2.24, 2.45) is 10.1 Å². The van der Waals surface area contributed by atoms with Crippen LogP contribution in [0.25, 0.3) is 0 Å². The predicted octanol–water partition coefficient (Wildman–Crippen LogP) is 2.00. The molecule has 0 saturated heterocycles. The normalized spacial score (nSPS) is 15.0. The second kappa shape index (κ2) is 14.5. The van der Waals surface area contributed by atoms with Gasteiger partial charge in [-0.3, -0.25) is 18.7 Å². The monoisotopic (exact) mass is 706 g/mol. The molecule has 4 N–H and O–H groups in total. The van der Waals surface area contributed by atoms with E-state index in [1.54, 1.807) is 55.5 Å². The van der Waals surface area contributed by atoms with Gasteiger partial charge in [0, 0.05) is 37.0 Å². The fourth-order valence-corrected chi connectivity index (χ4v) is 5.67. The van der Waals surface area contributed by atoms with Crippen molar-refractivity contribution in [3.63, 3.8) is 0 Å². The molecule has 0 aliphatic carbocycles. The van der Waals surface area contributed by atoms with Crippen molar-refractivity contribution in [3.8, 4) is 5.75 Å². The number of para-hydroxylation sites is 1. The lowest BCUT2D eigenvalue weighted by atomic mass is 10.1. The number of aryl methyl sites for hydroxylation is 1. The highest BCUT2D eigenvalue weighted by atomic mass is 32.2. The van der Waals surface area contributed by atoms with Crippen molar-refractivity contribution in [1.82, 2.24) is 10.0 Å². The van der Waals surface area contributed by atoms with Crippen LogP contribution >= 0.6 is 0 Å². The minimum atomic E-state index is -4.87. The number of amides is 2. The predicted molar refractivity (Wildman–Crippen MR) is 175 cm³/mol. The molecule has 3 aromatic carbocycles. The molecule has 1 atom stereocenters. The Bertz CT molecular complexity index is 2000. The van der Waals surface area contributed by atoms with Gasteiger partial charge in [0.1, 0.15) is 5.75 Å². The third kappa shape index (κ3) is 9.27. The number of hydrogen-bond acceptors (Lipinski definition) is 11. The van der Waals surface area contributed by atoms with Gasteiger partial charge >= 0.3 is 17.3 Å². The maximum Gasteiger partial charge on any atom is 0.357 e. The van der Waals surface area contributed by atoms with Crippen molar-refractivity contribution in [1.29, 1.82) is 0 Å². The van der Waals surface area contributed by atoms with Crippen molar-refractivity contribution in [3.05, 3.63) is 77.9 Å². The van der Waals surface area contributed by atoms with E-state index >= 15 is 0 Å². The molecule has 1 heterocycles. The van der Waals surface area contributed by atoms with Crippen LogP contribution in [-0.2, 0) is 36.3 Å². The number of sulfonamides is 1. The highest BCUT2D eigenvalue weighted by Gasteiger charge is 2.35. The van der Waals surface area contributed by atoms with Gasteiger partial charge in [0.05, 0.1) is 22.5 Å². The van der Waals surface area contributed by atoms with Gasteiger partial charge in [0.15, 0.2) is 11.5 Å². The van der Waals surface area contributed by atoms with Crippen LogP contribution < -0.4 is 24.1 Å². The molecular formula is C28H30N6O10S3. The van der Waals surface area contributed by atoms with Gasteiger partial charge in [-0.1, -0.05) is 18.2 Å². The van der Waals surface area contributed by atoms with E-state index in [0.717, 1.165) is 35.2 Å². The molecule has 0 fully saturated rings. The molecule has 3 aromatic rings. The van der Waals surface area contributed by atoms with Crippen LogP contribution in [0, 0.1) is 6.92 Å². The first-order chi connectivity index (χ1) is 22.1. The fourth-order valence-electron chi connectivity index (χ4n) is 4.40. The lowest BCUT2D eigenvalue weighted by molar-refractivity contribution is -0.112. The maximum absolute atomic E-state index is 13.6. The zero-order valence-electron chi connectivity index (χ0n) is 25.1. The Morgan fingerprint density at radius 1 is 1.09 bits per heavy atom. The van der Waals surface area contributed by atoms with Crippen molar-refractivity contribution in [2.45, 2.75) is 18.7 Å². The van der Waals surface area contributed by atoms with Gasteiger partial charge in [-0.2, -0.15) is 17.6 Å².